The molecule has 4 heteroatoms. The second-order valence-corrected chi connectivity index (χ2v) is 2.97. The van der Waals surface area contributed by atoms with E-state index in [1.54, 1.807) is 30.3 Å². The lowest BCUT2D eigenvalue weighted by Crippen LogP contribution is -2.26. The van der Waals surface area contributed by atoms with Gasteiger partial charge in [-0.05, 0) is 12.1 Å². The van der Waals surface area contributed by atoms with E-state index < -0.39 is 18.1 Å². The van der Waals surface area contributed by atoms with Crippen molar-refractivity contribution in [1.82, 2.24) is 0 Å². The molecule has 78 valence electrons. The summed E-state index contributed by atoms with van der Waals surface area (Å²) in [4.78, 5) is 3.63. The number of alkyl halides is 2. The molecule has 0 aromatic heterocycles. The minimum Gasteiger partial charge on any atom is -0.236 e. The average Bonchev–Trinajstić information content (AvgIpc) is 2.27. The molecule has 0 bridgehead atoms. The molecule has 1 rings (SSSR count). The lowest BCUT2D eigenvalue weighted by atomic mass is 10.1. The molecule has 1 aromatic rings. The zero-order valence-electron chi connectivity index (χ0n) is 8.24. The van der Waals surface area contributed by atoms with Crippen molar-refractivity contribution in [2.45, 2.75) is 19.3 Å². The predicted octanol–water partition coefficient (Wildman–Crippen LogP) is 3.33. The first-order valence-electron chi connectivity index (χ1n) is 4.52. The number of benzene rings is 1. The summed E-state index contributed by atoms with van der Waals surface area (Å²) in [5.74, 6) is -3.15. The highest BCUT2D eigenvalue weighted by molar-refractivity contribution is 6.05. The molecule has 1 aromatic carbocycles. The molecule has 0 aliphatic heterocycles. The van der Waals surface area contributed by atoms with E-state index in [-0.39, 0.29) is 0 Å². The third-order valence-electron chi connectivity index (χ3n) is 1.89. The molecule has 0 radical (unpaired) electrons. The fourth-order valence-corrected chi connectivity index (χ4v) is 0.988. The van der Waals surface area contributed by atoms with Gasteiger partial charge in [-0.25, -0.2) is 4.99 Å². The van der Waals surface area contributed by atoms with Crippen molar-refractivity contribution in [3.05, 3.63) is 30.3 Å². The molecule has 0 spiro atoms. The summed E-state index contributed by atoms with van der Waals surface area (Å²) in [6.45, 7) is 1.32. The maximum Gasteiger partial charge on any atom is 0.299 e. The molecular weight excluding hydrogens is 198 g/mol. The van der Waals surface area contributed by atoms with E-state index in [1.807, 2.05) is 0 Å². The van der Waals surface area contributed by atoms with Gasteiger partial charge in [0, 0.05) is 6.42 Å². The van der Waals surface area contributed by atoms with Crippen molar-refractivity contribution in [2.75, 3.05) is 0 Å². The topological polar surface area (TPSA) is 36.1 Å². The van der Waals surface area contributed by atoms with Gasteiger partial charge in [0.25, 0.3) is 5.92 Å². The van der Waals surface area contributed by atoms with E-state index in [9.17, 15) is 8.78 Å². The van der Waals surface area contributed by atoms with E-state index in [0.29, 0.717) is 5.69 Å². The van der Waals surface area contributed by atoms with Gasteiger partial charge in [0.2, 0.25) is 0 Å². The molecule has 0 aliphatic carbocycles. The Bertz CT molecular complexity index is 391. The Kier molecular flexibility index (Phi) is 3.51. The molecule has 15 heavy (non-hydrogen) atoms. The maximum atomic E-state index is 13.1. The highest BCUT2D eigenvalue weighted by atomic mass is 19.3. The molecule has 0 saturated heterocycles. The van der Waals surface area contributed by atoms with Crippen LogP contribution in [0.2, 0.25) is 0 Å². The first kappa shape index (κ1) is 11.3. The van der Waals surface area contributed by atoms with Crippen LogP contribution >= 0.6 is 0 Å². The molecular formula is C11H10F2N2. The van der Waals surface area contributed by atoms with Gasteiger partial charge in [0.05, 0.1) is 5.69 Å². The SMILES string of the molecule is CCC(F)(F)C(C#N)=Nc1ccccc1. The van der Waals surface area contributed by atoms with Crippen LogP contribution < -0.4 is 0 Å². The van der Waals surface area contributed by atoms with E-state index in [0.717, 1.165) is 0 Å². The smallest absolute Gasteiger partial charge is 0.236 e. The molecule has 0 saturated carbocycles. The van der Waals surface area contributed by atoms with Crippen molar-refractivity contribution >= 4 is 11.4 Å². The van der Waals surface area contributed by atoms with E-state index >= 15 is 0 Å². The van der Waals surface area contributed by atoms with Crippen LogP contribution in [0.1, 0.15) is 13.3 Å². The number of hydrogen-bond donors (Lipinski definition) is 0. The van der Waals surface area contributed by atoms with Gasteiger partial charge in [0.15, 0.2) is 5.71 Å². The largest absolute Gasteiger partial charge is 0.299 e. The van der Waals surface area contributed by atoms with Gasteiger partial charge < -0.3 is 0 Å². The predicted molar refractivity (Wildman–Crippen MR) is 54.4 cm³/mol. The Hall–Kier alpha value is -1.76. The van der Waals surface area contributed by atoms with Crippen molar-refractivity contribution < 1.29 is 8.78 Å². The normalized spacial score (nSPS) is 12.3. The van der Waals surface area contributed by atoms with E-state index in [2.05, 4.69) is 4.99 Å². The van der Waals surface area contributed by atoms with Gasteiger partial charge in [-0.1, -0.05) is 25.1 Å². The minimum absolute atomic E-state index is 0.363. The average molecular weight is 208 g/mol. The molecule has 0 amide bonds. The highest BCUT2D eigenvalue weighted by Crippen LogP contribution is 2.22. The first-order chi connectivity index (χ1) is 7.10. The van der Waals surface area contributed by atoms with Gasteiger partial charge in [-0.3, -0.25) is 0 Å². The van der Waals surface area contributed by atoms with Crippen LogP contribution in [0.4, 0.5) is 14.5 Å². The fraction of sp³-hybridized carbons (Fsp3) is 0.273. The van der Waals surface area contributed by atoms with Crippen LogP contribution in [0.5, 0.6) is 0 Å². The van der Waals surface area contributed by atoms with Crippen LogP contribution in [0.15, 0.2) is 35.3 Å². The Morgan fingerprint density at radius 2 is 2.00 bits per heavy atom. The maximum absolute atomic E-state index is 13.1. The van der Waals surface area contributed by atoms with Gasteiger partial charge >= 0.3 is 0 Å². The Balaban J connectivity index is 3.05. The number of nitriles is 1. The van der Waals surface area contributed by atoms with Crippen LogP contribution in [0.25, 0.3) is 0 Å². The summed E-state index contributed by atoms with van der Waals surface area (Å²) in [7, 11) is 0. The Labute approximate surface area is 86.9 Å². The molecule has 0 atom stereocenters. The van der Waals surface area contributed by atoms with E-state index in [1.165, 1.54) is 13.0 Å². The number of hydrogen-bond acceptors (Lipinski definition) is 2. The van der Waals surface area contributed by atoms with Crippen LogP contribution in [-0.2, 0) is 0 Å². The number of rotatable bonds is 3. The number of para-hydroxylation sites is 1. The standard InChI is InChI=1S/C11H10F2N2/c1-2-11(12,13)10(8-14)15-9-6-4-3-5-7-9/h3-7H,2H2,1H3. The Morgan fingerprint density at radius 1 is 1.40 bits per heavy atom. The second-order valence-electron chi connectivity index (χ2n) is 2.97. The van der Waals surface area contributed by atoms with Crippen molar-refractivity contribution in [2.24, 2.45) is 4.99 Å². The second kappa shape index (κ2) is 4.65. The van der Waals surface area contributed by atoms with Crippen molar-refractivity contribution in [1.29, 1.82) is 5.26 Å². The van der Waals surface area contributed by atoms with Gasteiger partial charge in [-0.15, -0.1) is 0 Å². The van der Waals surface area contributed by atoms with Gasteiger partial charge in [0.1, 0.15) is 6.07 Å². The summed E-state index contributed by atoms with van der Waals surface area (Å²) in [6.07, 6.45) is -0.424. The summed E-state index contributed by atoms with van der Waals surface area (Å²) in [5.41, 5.74) is -0.377. The fourth-order valence-electron chi connectivity index (χ4n) is 0.988. The molecule has 2 nitrogen and oxygen atoms in total. The summed E-state index contributed by atoms with van der Waals surface area (Å²) < 4.78 is 26.3. The third kappa shape index (κ3) is 2.84. The van der Waals surface area contributed by atoms with Crippen molar-refractivity contribution in [3.8, 4) is 6.07 Å². The third-order valence-corrected chi connectivity index (χ3v) is 1.89. The number of nitrogens with zero attached hydrogens (tertiary/aromatic N) is 2. The number of halogens is 2. The van der Waals surface area contributed by atoms with Crippen LogP contribution in [0, 0.1) is 11.3 Å². The molecule has 0 heterocycles. The van der Waals surface area contributed by atoms with Crippen LogP contribution in [0.3, 0.4) is 0 Å². The number of aliphatic imine (C=N–C) groups is 1. The molecule has 0 N–H and O–H groups in total. The first-order valence-corrected chi connectivity index (χ1v) is 4.52. The quantitative estimate of drug-likeness (QED) is 0.702. The highest BCUT2D eigenvalue weighted by Gasteiger charge is 2.33. The summed E-state index contributed by atoms with van der Waals surface area (Å²) in [6, 6.07) is 9.70. The minimum atomic E-state index is -3.15. The zero-order chi connectivity index (χ0) is 11.3. The van der Waals surface area contributed by atoms with Gasteiger partial charge in [-0.2, -0.15) is 14.0 Å². The molecule has 0 unspecified atom stereocenters. The lowest BCUT2D eigenvalue weighted by Gasteiger charge is -2.10. The Morgan fingerprint density at radius 3 is 2.47 bits per heavy atom. The summed E-state index contributed by atoms with van der Waals surface area (Å²) >= 11 is 0. The van der Waals surface area contributed by atoms with Crippen molar-refractivity contribution in [3.63, 3.8) is 0 Å². The molecule has 0 fully saturated rings. The monoisotopic (exact) mass is 208 g/mol. The zero-order valence-corrected chi connectivity index (χ0v) is 8.24. The van der Waals surface area contributed by atoms with Crippen LogP contribution in [-0.4, -0.2) is 11.6 Å². The lowest BCUT2D eigenvalue weighted by molar-refractivity contribution is 0.0755. The van der Waals surface area contributed by atoms with E-state index in [4.69, 9.17) is 5.26 Å². The summed E-state index contributed by atoms with van der Waals surface area (Å²) in [5, 5.41) is 8.59. The molecule has 0 aliphatic rings.